The molecule has 2 saturated heterocycles. The van der Waals surface area contributed by atoms with Crippen molar-refractivity contribution in [2.75, 3.05) is 43.4 Å². The summed E-state index contributed by atoms with van der Waals surface area (Å²) in [6, 6.07) is -0.0802. The summed E-state index contributed by atoms with van der Waals surface area (Å²) in [4.78, 5) is 13.2. The van der Waals surface area contributed by atoms with Crippen LogP contribution in [0.3, 0.4) is 0 Å². The molecule has 1 aromatic heterocycles. The Bertz CT molecular complexity index is 975. The van der Waals surface area contributed by atoms with Gasteiger partial charge in [-0.05, 0) is 58.9 Å². The number of sulfonamides is 1. The van der Waals surface area contributed by atoms with E-state index in [-0.39, 0.29) is 17.3 Å². The van der Waals surface area contributed by atoms with Crippen LogP contribution >= 0.6 is 0 Å². The van der Waals surface area contributed by atoms with Gasteiger partial charge in [-0.2, -0.15) is 4.98 Å². The lowest BCUT2D eigenvalue weighted by atomic mass is 9.95. The van der Waals surface area contributed by atoms with Crippen molar-refractivity contribution in [1.29, 1.82) is 0 Å². The van der Waals surface area contributed by atoms with Gasteiger partial charge in [-0.15, -0.1) is 0 Å². The van der Waals surface area contributed by atoms with Gasteiger partial charge in [0.25, 0.3) is 0 Å². The normalized spacial score (nSPS) is 32.5. The smallest absolute Gasteiger partial charge is 0.224 e. The molecule has 3 N–H and O–H groups in total. The molecule has 10 nitrogen and oxygen atoms in total. The quantitative estimate of drug-likeness (QED) is 0.549. The molecule has 0 amide bonds. The van der Waals surface area contributed by atoms with Crippen LogP contribution in [0, 0.1) is 0 Å². The van der Waals surface area contributed by atoms with Gasteiger partial charge in [0.1, 0.15) is 17.3 Å². The molecule has 4 heterocycles. The van der Waals surface area contributed by atoms with Crippen LogP contribution in [0.15, 0.2) is 6.20 Å². The van der Waals surface area contributed by atoms with E-state index < -0.39 is 21.9 Å². The Kier molecular flexibility index (Phi) is 6.05. The molecule has 1 unspecified atom stereocenters. The van der Waals surface area contributed by atoms with Crippen LogP contribution in [0.25, 0.3) is 0 Å². The van der Waals surface area contributed by atoms with Gasteiger partial charge in [0, 0.05) is 44.0 Å². The first kappa shape index (κ1) is 23.2. The minimum Gasteiger partial charge on any atom is -0.388 e. The van der Waals surface area contributed by atoms with Crippen LogP contribution in [0.1, 0.15) is 51.0 Å². The fourth-order valence-corrected chi connectivity index (χ4v) is 7.86. The number of aliphatic hydroxyl groups is 2. The van der Waals surface area contributed by atoms with Gasteiger partial charge < -0.3 is 25.3 Å². The second kappa shape index (κ2) is 8.60. The highest BCUT2D eigenvalue weighted by atomic mass is 32.2. The van der Waals surface area contributed by atoms with Crippen molar-refractivity contribution in [2.45, 2.75) is 81.0 Å². The van der Waals surface area contributed by atoms with E-state index in [2.05, 4.69) is 10.3 Å². The number of nitrogens with zero attached hydrogens (tertiary/aromatic N) is 5. The maximum Gasteiger partial charge on any atom is 0.224 e. The number of hydrogen-bond donors (Lipinski definition) is 3. The van der Waals surface area contributed by atoms with Crippen LogP contribution in [0.4, 0.5) is 11.8 Å². The molecule has 3 fully saturated rings. The van der Waals surface area contributed by atoms with Gasteiger partial charge in [-0.3, -0.25) is 0 Å². The standard InChI is InChI=1S/C22H36N6O4S/c1-22(30)9-3-4-18(22)28-19(29)6-5-15-12-23-21(25-20(15)28)24-16-7-10-27(11-8-16)33(31,32)17-13-26(2)14-17/h12,16-19,29-30H,3-11,13-14H2,1-2H3,(H,23,24,25)/t18-,19?,22-/m0/s1. The molecule has 0 radical (unpaired) electrons. The number of aromatic nitrogens is 2. The Morgan fingerprint density at radius 3 is 2.55 bits per heavy atom. The van der Waals surface area contributed by atoms with E-state index in [0.717, 1.165) is 18.4 Å². The number of rotatable bonds is 5. The zero-order valence-corrected chi connectivity index (χ0v) is 20.3. The summed E-state index contributed by atoms with van der Waals surface area (Å²) in [5.74, 6) is 1.19. The lowest BCUT2D eigenvalue weighted by molar-refractivity contribution is 0.0278. The summed E-state index contributed by atoms with van der Waals surface area (Å²) in [5, 5.41) is 24.8. The molecular weight excluding hydrogens is 444 g/mol. The number of aryl methyl sites for hydroxylation is 1. The second-order valence-corrected chi connectivity index (χ2v) is 12.7. The number of fused-ring (bicyclic) bond motifs is 1. The van der Waals surface area contributed by atoms with Crippen LogP contribution in [-0.2, 0) is 16.4 Å². The summed E-state index contributed by atoms with van der Waals surface area (Å²) < 4.78 is 27.2. The van der Waals surface area contributed by atoms with Gasteiger partial charge in [0.05, 0.1) is 11.6 Å². The van der Waals surface area contributed by atoms with Crippen LogP contribution in [0.2, 0.25) is 0 Å². The number of likely N-dealkylation sites (tertiary alicyclic amines) is 1. The number of piperidine rings is 1. The van der Waals surface area contributed by atoms with Crippen molar-refractivity contribution in [3.8, 4) is 0 Å². The van der Waals surface area contributed by atoms with E-state index in [1.54, 1.807) is 4.31 Å². The average molecular weight is 481 g/mol. The number of anilines is 2. The Labute approximate surface area is 196 Å². The molecule has 3 aliphatic heterocycles. The molecule has 1 saturated carbocycles. The van der Waals surface area contributed by atoms with Gasteiger partial charge in [0.2, 0.25) is 16.0 Å². The molecule has 5 rings (SSSR count). The third kappa shape index (κ3) is 4.34. The van der Waals surface area contributed by atoms with Crippen molar-refractivity contribution in [3.63, 3.8) is 0 Å². The second-order valence-electron chi connectivity index (χ2n) is 10.4. The maximum atomic E-state index is 12.8. The number of aliphatic hydroxyl groups excluding tert-OH is 1. The van der Waals surface area contributed by atoms with Gasteiger partial charge in [-0.25, -0.2) is 17.7 Å². The molecule has 4 aliphatic rings. The topological polar surface area (TPSA) is 122 Å². The van der Waals surface area contributed by atoms with Gasteiger partial charge >= 0.3 is 0 Å². The third-order valence-electron chi connectivity index (χ3n) is 7.89. The molecule has 33 heavy (non-hydrogen) atoms. The monoisotopic (exact) mass is 480 g/mol. The van der Waals surface area contributed by atoms with E-state index in [0.29, 0.717) is 70.0 Å². The molecule has 1 aromatic rings. The first-order valence-corrected chi connectivity index (χ1v) is 13.6. The largest absolute Gasteiger partial charge is 0.388 e. The van der Waals surface area contributed by atoms with Crippen molar-refractivity contribution in [3.05, 3.63) is 11.8 Å². The first-order chi connectivity index (χ1) is 15.6. The minimum absolute atomic E-state index is 0.0927. The molecule has 1 aliphatic carbocycles. The lowest BCUT2D eigenvalue weighted by Gasteiger charge is -2.43. The Morgan fingerprint density at radius 1 is 1.18 bits per heavy atom. The maximum absolute atomic E-state index is 12.8. The summed E-state index contributed by atoms with van der Waals surface area (Å²) in [6.07, 6.45) is 6.30. The highest BCUT2D eigenvalue weighted by molar-refractivity contribution is 7.89. The van der Waals surface area contributed by atoms with Gasteiger partial charge in [0.15, 0.2) is 0 Å². The van der Waals surface area contributed by atoms with E-state index in [1.165, 1.54) is 0 Å². The van der Waals surface area contributed by atoms with Crippen molar-refractivity contribution in [2.24, 2.45) is 0 Å². The predicted molar refractivity (Wildman–Crippen MR) is 126 cm³/mol. The highest BCUT2D eigenvalue weighted by Crippen LogP contribution is 2.40. The molecule has 0 spiro atoms. The van der Waals surface area contributed by atoms with E-state index >= 15 is 0 Å². The van der Waals surface area contributed by atoms with E-state index in [1.807, 2.05) is 30.0 Å². The molecular formula is C22H36N6O4S. The summed E-state index contributed by atoms with van der Waals surface area (Å²) in [6.45, 7) is 4.07. The zero-order chi connectivity index (χ0) is 23.4. The summed E-state index contributed by atoms with van der Waals surface area (Å²) in [5.41, 5.74) is 0.127. The first-order valence-electron chi connectivity index (χ1n) is 12.1. The van der Waals surface area contributed by atoms with Crippen LogP contribution < -0.4 is 10.2 Å². The fourth-order valence-electron chi connectivity index (χ4n) is 5.84. The molecule has 3 atom stereocenters. The third-order valence-corrected chi connectivity index (χ3v) is 10.1. The zero-order valence-electron chi connectivity index (χ0n) is 19.5. The van der Waals surface area contributed by atoms with Crippen molar-refractivity contribution < 1.29 is 18.6 Å². The lowest BCUT2D eigenvalue weighted by Crippen LogP contribution is -2.58. The average Bonchev–Trinajstić information content (AvgIpc) is 3.10. The fraction of sp³-hybridized carbons (Fsp3) is 0.818. The predicted octanol–water partition coefficient (Wildman–Crippen LogP) is 0.371. The number of hydrogen-bond acceptors (Lipinski definition) is 9. The Balaban J connectivity index is 1.26. The molecule has 0 bridgehead atoms. The Morgan fingerprint density at radius 2 is 1.91 bits per heavy atom. The minimum atomic E-state index is -3.23. The molecule has 11 heteroatoms. The van der Waals surface area contributed by atoms with Crippen molar-refractivity contribution in [1.82, 2.24) is 19.2 Å². The van der Waals surface area contributed by atoms with Gasteiger partial charge in [-0.1, -0.05) is 0 Å². The van der Waals surface area contributed by atoms with Crippen molar-refractivity contribution >= 4 is 21.8 Å². The number of nitrogens with one attached hydrogen (secondary N) is 1. The molecule has 184 valence electrons. The summed E-state index contributed by atoms with van der Waals surface area (Å²) >= 11 is 0. The molecule has 0 aromatic carbocycles. The van der Waals surface area contributed by atoms with Crippen LogP contribution in [0.5, 0.6) is 0 Å². The highest BCUT2D eigenvalue weighted by Gasteiger charge is 2.45. The summed E-state index contributed by atoms with van der Waals surface area (Å²) in [7, 11) is -1.29. The SMILES string of the molecule is CN1CC(S(=O)(=O)N2CCC(Nc3ncc4c(n3)N([C@H]3CCC[C@]3(C)O)C(O)CC4)CC2)C1. The van der Waals surface area contributed by atoms with E-state index in [9.17, 15) is 18.6 Å². The van der Waals surface area contributed by atoms with E-state index in [4.69, 9.17) is 4.98 Å². The Hall–Kier alpha value is -1.53. The van der Waals surface area contributed by atoms with Crippen LogP contribution in [-0.4, -0.2) is 100 Å².